The molecule has 2 aromatic carbocycles. The smallest absolute Gasteiger partial charge is 0.351 e. The summed E-state index contributed by atoms with van der Waals surface area (Å²) in [6, 6.07) is 12.3. The summed E-state index contributed by atoms with van der Waals surface area (Å²) >= 11 is 0. The lowest BCUT2D eigenvalue weighted by Gasteiger charge is -2.09. The highest BCUT2D eigenvalue weighted by Gasteiger charge is 2.29. The van der Waals surface area contributed by atoms with Gasteiger partial charge in [-0.3, -0.25) is 4.79 Å². The molecular formula is C18H19F3N2O. The molecule has 0 bridgehead atoms. The number of carbonyl (C=O) groups is 1. The van der Waals surface area contributed by atoms with Crippen molar-refractivity contribution >= 4 is 5.91 Å². The Bertz CT molecular complexity index is 664. The van der Waals surface area contributed by atoms with Gasteiger partial charge in [0, 0.05) is 25.2 Å². The van der Waals surface area contributed by atoms with Crippen LogP contribution in [0.4, 0.5) is 13.2 Å². The summed E-state index contributed by atoms with van der Waals surface area (Å²) in [5.74, 6) is -0.147. The van der Waals surface area contributed by atoms with Gasteiger partial charge in [-0.25, -0.2) is 0 Å². The molecule has 128 valence electrons. The van der Waals surface area contributed by atoms with Crippen molar-refractivity contribution in [2.75, 3.05) is 13.1 Å². The topological polar surface area (TPSA) is 41.1 Å². The number of aryl methyl sites for hydroxylation is 1. The molecule has 6 heteroatoms. The van der Waals surface area contributed by atoms with E-state index in [4.69, 9.17) is 0 Å². The van der Waals surface area contributed by atoms with Gasteiger partial charge in [-0.05, 0) is 36.8 Å². The van der Waals surface area contributed by atoms with Crippen molar-refractivity contribution in [3.63, 3.8) is 0 Å². The molecule has 2 aromatic rings. The van der Waals surface area contributed by atoms with Crippen molar-refractivity contribution in [1.29, 1.82) is 0 Å². The lowest BCUT2D eigenvalue weighted by atomic mass is 10.1. The molecule has 0 saturated heterocycles. The monoisotopic (exact) mass is 336 g/mol. The Balaban J connectivity index is 1.69. The van der Waals surface area contributed by atoms with Crippen LogP contribution in [0.3, 0.4) is 0 Å². The van der Waals surface area contributed by atoms with E-state index < -0.39 is 11.7 Å². The normalized spacial score (nSPS) is 11.3. The number of alkyl halides is 3. The average molecular weight is 336 g/mol. The maximum atomic E-state index is 12.5. The van der Waals surface area contributed by atoms with Gasteiger partial charge in [0.25, 0.3) is 5.91 Å². The highest BCUT2D eigenvalue weighted by Crippen LogP contribution is 2.28. The molecule has 0 saturated carbocycles. The van der Waals surface area contributed by atoms with Crippen LogP contribution in [0.1, 0.15) is 27.0 Å². The first-order valence-corrected chi connectivity index (χ1v) is 7.58. The van der Waals surface area contributed by atoms with Crippen LogP contribution in [0.15, 0.2) is 48.5 Å². The van der Waals surface area contributed by atoms with E-state index in [1.54, 1.807) is 12.1 Å². The molecule has 0 heterocycles. The maximum Gasteiger partial charge on any atom is 0.416 e. The third kappa shape index (κ3) is 5.38. The largest absolute Gasteiger partial charge is 0.416 e. The summed E-state index contributed by atoms with van der Waals surface area (Å²) in [5, 5.41) is 5.86. The fraction of sp³-hybridized carbons (Fsp3) is 0.278. The van der Waals surface area contributed by atoms with Crippen molar-refractivity contribution in [3.8, 4) is 0 Å². The van der Waals surface area contributed by atoms with Gasteiger partial charge in [-0.2, -0.15) is 13.2 Å². The standard InChI is InChI=1S/C18H19F3N2O/c1-13-2-6-15(7-3-13)17(24)23-11-10-22-12-14-4-8-16(9-5-14)18(19,20)21/h2-9,22H,10-12H2,1H3,(H,23,24). The number of hydrogen-bond donors (Lipinski definition) is 2. The zero-order valence-corrected chi connectivity index (χ0v) is 13.3. The van der Waals surface area contributed by atoms with Crippen LogP contribution in [-0.4, -0.2) is 19.0 Å². The summed E-state index contributed by atoms with van der Waals surface area (Å²) in [7, 11) is 0. The quantitative estimate of drug-likeness (QED) is 0.793. The number of rotatable bonds is 6. The van der Waals surface area contributed by atoms with Gasteiger partial charge in [-0.1, -0.05) is 29.8 Å². The fourth-order valence-corrected chi connectivity index (χ4v) is 2.12. The lowest BCUT2D eigenvalue weighted by Crippen LogP contribution is -2.31. The number of hydrogen-bond acceptors (Lipinski definition) is 2. The molecule has 2 N–H and O–H groups in total. The summed E-state index contributed by atoms with van der Waals surface area (Å²) < 4.78 is 37.4. The molecule has 0 atom stereocenters. The maximum absolute atomic E-state index is 12.5. The van der Waals surface area contributed by atoms with Crippen molar-refractivity contribution in [1.82, 2.24) is 10.6 Å². The molecule has 1 amide bonds. The van der Waals surface area contributed by atoms with E-state index in [1.165, 1.54) is 12.1 Å². The van der Waals surface area contributed by atoms with Crippen molar-refractivity contribution in [3.05, 3.63) is 70.8 Å². The number of amides is 1. The van der Waals surface area contributed by atoms with Crippen LogP contribution < -0.4 is 10.6 Å². The van der Waals surface area contributed by atoms with Gasteiger partial charge in [0.1, 0.15) is 0 Å². The zero-order valence-electron chi connectivity index (χ0n) is 13.3. The first kappa shape index (κ1) is 18.0. The van der Waals surface area contributed by atoms with E-state index in [-0.39, 0.29) is 5.91 Å². The second-order valence-electron chi connectivity index (χ2n) is 5.49. The van der Waals surface area contributed by atoms with E-state index in [9.17, 15) is 18.0 Å². The molecule has 0 aliphatic heterocycles. The van der Waals surface area contributed by atoms with E-state index in [0.717, 1.165) is 23.3 Å². The molecule has 0 aliphatic carbocycles. The van der Waals surface area contributed by atoms with Gasteiger partial charge in [-0.15, -0.1) is 0 Å². The van der Waals surface area contributed by atoms with Crippen molar-refractivity contribution < 1.29 is 18.0 Å². The zero-order chi connectivity index (χ0) is 17.6. The second-order valence-corrected chi connectivity index (χ2v) is 5.49. The summed E-state index contributed by atoms with van der Waals surface area (Å²) in [6.45, 7) is 3.36. The molecular weight excluding hydrogens is 317 g/mol. The molecule has 0 aliphatic rings. The van der Waals surface area contributed by atoms with E-state index in [1.807, 2.05) is 19.1 Å². The van der Waals surface area contributed by atoms with E-state index in [0.29, 0.717) is 25.2 Å². The summed E-state index contributed by atoms with van der Waals surface area (Å²) in [6.07, 6.45) is -4.31. The predicted octanol–water partition coefficient (Wildman–Crippen LogP) is 3.53. The van der Waals surface area contributed by atoms with Crippen LogP contribution in [-0.2, 0) is 12.7 Å². The van der Waals surface area contributed by atoms with Crippen molar-refractivity contribution in [2.45, 2.75) is 19.6 Å². The Labute approximate surface area is 138 Å². The molecule has 3 nitrogen and oxygen atoms in total. The highest BCUT2D eigenvalue weighted by atomic mass is 19.4. The molecule has 0 spiro atoms. The van der Waals surface area contributed by atoms with E-state index >= 15 is 0 Å². The summed E-state index contributed by atoms with van der Waals surface area (Å²) in [5.41, 5.74) is 1.79. The minimum atomic E-state index is -4.31. The van der Waals surface area contributed by atoms with Crippen LogP contribution >= 0.6 is 0 Å². The van der Waals surface area contributed by atoms with Gasteiger partial charge < -0.3 is 10.6 Å². The van der Waals surface area contributed by atoms with Gasteiger partial charge in [0.15, 0.2) is 0 Å². The Morgan fingerprint density at radius 1 is 0.958 bits per heavy atom. The Kier molecular flexibility index (Phi) is 5.98. The Morgan fingerprint density at radius 3 is 2.17 bits per heavy atom. The average Bonchev–Trinajstić information content (AvgIpc) is 2.54. The molecule has 0 unspecified atom stereocenters. The van der Waals surface area contributed by atoms with E-state index in [2.05, 4.69) is 10.6 Å². The van der Waals surface area contributed by atoms with Gasteiger partial charge in [0.05, 0.1) is 5.56 Å². The fourth-order valence-electron chi connectivity index (χ4n) is 2.12. The van der Waals surface area contributed by atoms with Crippen LogP contribution in [0.5, 0.6) is 0 Å². The minimum Gasteiger partial charge on any atom is -0.351 e. The molecule has 0 fully saturated rings. The first-order chi connectivity index (χ1) is 11.4. The molecule has 2 rings (SSSR count). The Morgan fingerprint density at radius 2 is 1.58 bits per heavy atom. The first-order valence-electron chi connectivity index (χ1n) is 7.58. The van der Waals surface area contributed by atoms with Crippen LogP contribution in [0.25, 0.3) is 0 Å². The predicted molar refractivity (Wildman–Crippen MR) is 86.7 cm³/mol. The van der Waals surface area contributed by atoms with Gasteiger partial charge in [0.2, 0.25) is 0 Å². The number of halogens is 3. The van der Waals surface area contributed by atoms with Crippen LogP contribution in [0, 0.1) is 6.92 Å². The molecule has 24 heavy (non-hydrogen) atoms. The molecule has 0 radical (unpaired) electrons. The lowest BCUT2D eigenvalue weighted by molar-refractivity contribution is -0.137. The number of benzene rings is 2. The van der Waals surface area contributed by atoms with Crippen molar-refractivity contribution in [2.24, 2.45) is 0 Å². The third-order valence-electron chi connectivity index (χ3n) is 3.51. The number of nitrogens with one attached hydrogen (secondary N) is 2. The molecule has 0 aromatic heterocycles. The highest BCUT2D eigenvalue weighted by molar-refractivity contribution is 5.94. The Hall–Kier alpha value is -2.34. The van der Waals surface area contributed by atoms with Gasteiger partial charge >= 0.3 is 6.18 Å². The number of carbonyl (C=O) groups excluding carboxylic acids is 1. The van der Waals surface area contributed by atoms with Crippen LogP contribution in [0.2, 0.25) is 0 Å². The minimum absolute atomic E-state index is 0.147. The second kappa shape index (κ2) is 7.97. The SMILES string of the molecule is Cc1ccc(C(=O)NCCNCc2ccc(C(F)(F)F)cc2)cc1. The third-order valence-corrected chi connectivity index (χ3v) is 3.51. The summed E-state index contributed by atoms with van der Waals surface area (Å²) in [4.78, 5) is 11.9.